The Morgan fingerprint density at radius 3 is 3.07 bits per heavy atom. The largest absolute Gasteiger partial charge is 0.309 e. The molecule has 0 radical (unpaired) electrons. The monoisotopic (exact) mass is 206 g/mol. The van der Waals surface area contributed by atoms with Crippen LogP contribution in [0.5, 0.6) is 0 Å². The molecule has 1 aromatic rings. The van der Waals surface area contributed by atoms with E-state index in [0.29, 0.717) is 0 Å². The number of hydrogen-bond acceptors (Lipinski definition) is 3. The molecule has 0 saturated heterocycles. The zero-order chi connectivity index (χ0) is 9.97. The summed E-state index contributed by atoms with van der Waals surface area (Å²) in [5, 5.41) is 12.2. The first-order valence-corrected chi connectivity index (χ1v) is 5.87. The van der Waals surface area contributed by atoms with Crippen molar-refractivity contribution in [2.75, 3.05) is 0 Å². The fourth-order valence-electron chi connectivity index (χ4n) is 1.71. The van der Waals surface area contributed by atoms with Crippen molar-refractivity contribution < 1.29 is 0 Å². The van der Waals surface area contributed by atoms with E-state index in [9.17, 15) is 0 Å². The molecule has 1 fully saturated rings. The maximum absolute atomic E-state index is 8.66. The molecule has 2 atom stereocenters. The van der Waals surface area contributed by atoms with Gasteiger partial charge in [-0.2, -0.15) is 5.26 Å². The Kier molecular flexibility index (Phi) is 2.85. The van der Waals surface area contributed by atoms with E-state index in [1.165, 1.54) is 17.7 Å². The van der Waals surface area contributed by atoms with E-state index in [0.717, 1.165) is 23.4 Å². The van der Waals surface area contributed by atoms with Crippen LogP contribution in [0.25, 0.3) is 0 Å². The van der Waals surface area contributed by atoms with E-state index in [1.54, 1.807) is 11.3 Å². The molecule has 0 bridgehead atoms. The van der Waals surface area contributed by atoms with Gasteiger partial charge in [-0.05, 0) is 24.5 Å². The normalized spacial score (nSPS) is 24.6. The third-order valence-corrected chi connectivity index (χ3v) is 3.75. The zero-order valence-corrected chi connectivity index (χ0v) is 9.10. The maximum Gasteiger partial charge on any atom is 0.110 e. The summed E-state index contributed by atoms with van der Waals surface area (Å²) in [4.78, 5) is 2.08. The highest BCUT2D eigenvalue weighted by Crippen LogP contribution is 2.33. The van der Waals surface area contributed by atoms with Crippen molar-refractivity contribution in [3.8, 4) is 6.07 Å². The van der Waals surface area contributed by atoms with Gasteiger partial charge in [-0.3, -0.25) is 0 Å². The van der Waals surface area contributed by atoms with Crippen LogP contribution in [0.3, 0.4) is 0 Å². The number of nitrogens with one attached hydrogen (secondary N) is 1. The first kappa shape index (κ1) is 9.70. The Bertz CT molecular complexity index is 350. The quantitative estimate of drug-likeness (QED) is 0.821. The van der Waals surface area contributed by atoms with Crippen LogP contribution in [-0.4, -0.2) is 6.04 Å². The van der Waals surface area contributed by atoms with Crippen LogP contribution in [-0.2, 0) is 6.54 Å². The van der Waals surface area contributed by atoms with Crippen molar-refractivity contribution in [1.82, 2.24) is 5.32 Å². The lowest BCUT2D eigenvalue weighted by Gasteiger charge is -1.99. The van der Waals surface area contributed by atoms with Gasteiger partial charge in [0.15, 0.2) is 0 Å². The van der Waals surface area contributed by atoms with E-state index >= 15 is 0 Å². The minimum Gasteiger partial charge on any atom is -0.309 e. The van der Waals surface area contributed by atoms with E-state index in [-0.39, 0.29) is 0 Å². The molecule has 2 unspecified atom stereocenters. The van der Waals surface area contributed by atoms with Crippen LogP contribution in [0.2, 0.25) is 0 Å². The molecule has 0 amide bonds. The highest BCUT2D eigenvalue weighted by Gasteiger charge is 2.34. The Morgan fingerprint density at radius 2 is 2.50 bits per heavy atom. The van der Waals surface area contributed by atoms with Crippen molar-refractivity contribution in [2.45, 2.75) is 32.4 Å². The number of thiophene rings is 1. The summed E-state index contributed by atoms with van der Waals surface area (Å²) >= 11 is 1.59. The number of hydrogen-bond donors (Lipinski definition) is 1. The second kappa shape index (κ2) is 4.12. The summed E-state index contributed by atoms with van der Waals surface area (Å²) < 4.78 is 0. The maximum atomic E-state index is 8.66. The molecule has 1 aliphatic carbocycles. The Labute approximate surface area is 88.6 Å². The van der Waals surface area contributed by atoms with E-state index in [2.05, 4.69) is 18.3 Å². The third-order valence-electron chi connectivity index (χ3n) is 2.76. The summed E-state index contributed by atoms with van der Waals surface area (Å²) in [5.41, 5.74) is 0. The van der Waals surface area contributed by atoms with Crippen LogP contribution in [0.15, 0.2) is 12.1 Å². The zero-order valence-electron chi connectivity index (χ0n) is 8.29. The summed E-state index contributed by atoms with van der Waals surface area (Å²) in [6, 6.07) is 6.83. The van der Waals surface area contributed by atoms with Crippen molar-refractivity contribution in [3.05, 3.63) is 21.9 Å². The van der Waals surface area contributed by atoms with E-state index < -0.39 is 0 Å². The van der Waals surface area contributed by atoms with Crippen LogP contribution < -0.4 is 5.32 Å². The molecule has 74 valence electrons. The average Bonchev–Trinajstić information content (AvgIpc) is 2.83. The molecular weight excluding hydrogens is 192 g/mol. The highest BCUT2D eigenvalue weighted by atomic mass is 32.1. The van der Waals surface area contributed by atoms with Gasteiger partial charge in [0, 0.05) is 17.5 Å². The molecular formula is C11H14N2S. The Hall–Kier alpha value is -0.850. The van der Waals surface area contributed by atoms with Gasteiger partial charge in [-0.1, -0.05) is 13.3 Å². The second-order valence-corrected chi connectivity index (χ2v) is 4.94. The van der Waals surface area contributed by atoms with Gasteiger partial charge < -0.3 is 5.32 Å². The molecule has 0 aliphatic heterocycles. The average molecular weight is 206 g/mol. The molecule has 1 heterocycles. The molecule has 14 heavy (non-hydrogen) atoms. The summed E-state index contributed by atoms with van der Waals surface area (Å²) in [6.07, 6.45) is 2.61. The summed E-state index contributed by atoms with van der Waals surface area (Å²) in [7, 11) is 0. The van der Waals surface area contributed by atoms with Crippen molar-refractivity contribution in [2.24, 2.45) is 5.92 Å². The minimum atomic E-state index is 0.729. The smallest absolute Gasteiger partial charge is 0.110 e. The van der Waals surface area contributed by atoms with Gasteiger partial charge in [-0.15, -0.1) is 11.3 Å². The standard InChI is InChI=1S/C11H14N2S/c1-2-8-5-11(8)13-7-10-4-3-9(6-12)14-10/h3-4,8,11,13H,2,5,7H2,1H3. The van der Waals surface area contributed by atoms with Crippen LogP contribution in [0.1, 0.15) is 29.5 Å². The van der Waals surface area contributed by atoms with Gasteiger partial charge in [0.2, 0.25) is 0 Å². The summed E-state index contributed by atoms with van der Waals surface area (Å²) in [6.45, 7) is 3.17. The Morgan fingerprint density at radius 1 is 1.64 bits per heavy atom. The van der Waals surface area contributed by atoms with E-state index in [4.69, 9.17) is 5.26 Å². The molecule has 1 aliphatic rings. The number of rotatable bonds is 4. The molecule has 1 saturated carbocycles. The molecule has 2 nitrogen and oxygen atoms in total. The van der Waals surface area contributed by atoms with Crippen LogP contribution in [0.4, 0.5) is 0 Å². The predicted octanol–water partition coefficient (Wildman–Crippen LogP) is 2.51. The second-order valence-electron chi connectivity index (χ2n) is 3.77. The van der Waals surface area contributed by atoms with E-state index in [1.807, 2.05) is 12.1 Å². The predicted molar refractivity (Wildman–Crippen MR) is 58.1 cm³/mol. The van der Waals surface area contributed by atoms with Gasteiger partial charge in [0.05, 0.1) is 0 Å². The molecule has 1 N–H and O–H groups in total. The fourth-order valence-corrected chi connectivity index (χ4v) is 2.47. The van der Waals surface area contributed by atoms with Gasteiger partial charge in [0.1, 0.15) is 10.9 Å². The molecule has 3 heteroatoms. The van der Waals surface area contributed by atoms with Gasteiger partial charge in [-0.25, -0.2) is 0 Å². The van der Waals surface area contributed by atoms with Crippen LogP contribution in [0, 0.1) is 17.2 Å². The lowest BCUT2D eigenvalue weighted by atomic mass is 10.3. The van der Waals surface area contributed by atoms with Crippen molar-refractivity contribution in [3.63, 3.8) is 0 Å². The summed E-state index contributed by atoms with van der Waals surface area (Å²) in [5.74, 6) is 0.894. The van der Waals surface area contributed by atoms with Crippen LogP contribution >= 0.6 is 11.3 Å². The minimum absolute atomic E-state index is 0.729. The van der Waals surface area contributed by atoms with Gasteiger partial charge >= 0.3 is 0 Å². The fraction of sp³-hybridized carbons (Fsp3) is 0.545. The highest BCUT2D eigenvalue weighted by molar-refractivity contribution is 7.12. The topological polar surface area (TPSA) is 35.8 Å². The molecule has 1 aromatic heterocycles. The lowest BCUT2D eigenvalue weighted by Crippen LogP contribution is -2.16. The first-order valence-electron chi connectivity index (χ1n) is 5.05. The first-order chi connectivity index (χ1) is 6.83. The number of nitrogens with zero attached hydrogens (tertiary/aromatic N) is 1. The SMILES string of the molecule is CCC1CC1NCc1ccc(C#N)s1. The van der Waals surface area contributed by atoms with Crippen molar-refractivity contribution >= 4 is 11.3 Å². The third kappa shape index (κ3) is 2.14. The molecule has 2 rings (SSSR count). The molecule has 0 spiro atoms. The Balaban J connectivity index is 1.79. The lowest BCUT2D eigenvalue weighted by molar-refractivity contribution is 0.627. The van der Waals surface area contributed by atoms with Gasteiger partial charge in [0.25, 0.3) is 0 Å². The van der Waals surface area contributed by atoms with Crippen molar-refractivity contribution in [1.29, 1.82) is 5.26 Å². The molecule has 0 aromatic carbocycles. The number of nitriles is 1.